The SMILES string of the molecule is COc1c(Cl)cc(C(=O)NC(C)(C)CO)cc1Cl. The molecular weight excluding hydrogens is 277 g/mol. The number of hydrogen-bond acceptors (Lipinski definition) is 3. The molecule has 1 rings (SSSR count). The molecule has 0 heterocycles. The Morgan fingerprint density at radius 3 is 2.28 bits per heavy atom. The fraction of sp³-hybridized carbons (Fsp3) is 0.417. The van der Waals surface area contributed by atoms with E-state index in [1.165, 1.54) is 19.2 Å². The summed E-state index contributed by atoms with van der Waals surface area (Å²) in [6.07, 6.45) is 0. The van der Waals surface area contributed by atoms with Crippen LogP contribution in [0.1, 0.15) is 24.2 Å². The highest BCUT2D eigenvalue weighted by Crippen LogP contribution is 2.33. The van der Waals surface area contributed by atoms with E-state index in [1.54, 1.807) is 13.8 Å². The van der Waals surface area contributed by atoms with E-state index in [0.29, 0.717) is 11.3 Å². The highest BCUT2D eigenvalue weighted by atomic mass is 35.5. The fourth-order valence-electron chi connectivity index (χ4n) is 1.31. The Balaban J connectivity index is 3.01. The first-order valence-electron chi connectivity index (χ1n) is 5.27. The summed E-state index contributed by atoms with van der Waals surface area (Å²) < 4.78 is 5.00. The van der Waals surface area contributed by atoms with Gasteiger partial charge in [-0.05, 0) is 26.0 Å². The maximum absolute atomic E-state index is 11.9. The Labute approximate surface area is 116 Å². The number of rotatable bonds is 4. The molecule has 0 fully saturated rings. The number of carbonyl (C=O) groups is 1. The normalized spacial score (nSPS) is 11.2. The van der Waals surface area contributed by atoms with Crippen molar-refractivity contribution in [3.63, 3.8) is 0 Å². The van der Waals surface area contributed by atoms with E-state index in [0.717, 1.165) is 0 Å². The van der Waals surface area contributed by atoms with Crippen molar-refractivity contribution in [2.24, 2.45) is 0 Å². The number of ether oxygens (including phenoxy) is 1. The molecule has 0 atom stereocenters. The molecule has 0 aliphatic carbocycles. The van der Waals surface area contributed by atoms with Crippen LogP contribution in [-0.4, -0.2) is 30.3 Å². The quantitative estimate of drug-likeness (QED) is 0.896. The van der Waals surface area contributed by atoms with Gasteiger partial charge >= 0.3 is 0 Å². The molecule has 0 unspecified atom stereocenters. The van der Waals surface area contributed by atoms with Crippen LogP contribution in [0.2, 0.25) is 10.0 Å². The fourth-order valence-corrected chi connectivity index (χ4v) is 1.95. The first kappa shape index (κ1) is 15.1. The van der Waals surface area contributed by atoms with Crippen LogP contribution < -0.4 is 10.1 Å². The van der Waals surface area contributed by atoms with Gasteiger partial charge in [-0.2, -0.15) is 0 Å². The minimum Gasteiger partial charge on any atom is -0.494 e. The maximum atomic E-state index is 11.9. The smallest absolute Gasteiger partial charge is 0.251 e. The number of benzene rings is 1. The summed E-state index contributed by atoms with van der Waals surface area (Å²) in [5.74, 6) is -0.0307. The topological polar surface area (TPSA) is 58.6 Å². The lowest BCUT2D eigenvalue weighted by molar-refractivity contribution is 0.0869. The van der Waals surface area contributed by atoms with Gasteiger partial charge in [0.15, 0.2) is 5.75 Å². The van der Waals surface area contributed by atoms with Crippen LogP contribution >= 0.6 is 23.2 Å². The predicted octanol–water partition coefficient (Wildman–Crippen LogP) is 2.50. The standard InChI is InChI=1S/C12H15Cl2NO3/c1-12(2,6-16)15-11(17)7-4-8(13)10(18-3)9(14)5-7/h4-5,16H,6H2,1-3H3,(H,15,17). The van der Waals surface area contributed by atoms with Crippen molar-refractivity contribution < 1.29 is 14.6 Å². The summed E-state index contributed by atoms with van der Waals surface area (Å²) in [5, 5.41) is 12.3. The summed E-state index contributed by atoms with van der Waals surface area (Å²) in [5.41, 5.74) is -0.400. The molecule has 0 saturated heterocycles. The van der Waals surface area contributed by atoms with Gasteiger partial charge in [-0.1, -0.05) is 23.2 Å². The summed E-state index contributed by atoms with van der Waals surface area (Å²) >= 11 is 11.9. The summed E-state index contributed by atoms with van der Waals surface area (Å²) in [7, 11) is 1.45. The van der Waals surface area contributed by atoms with Crippen LogP contribution in [0.25, 0.3) is 0 Å². The second-order valence-electron chi connectivity index (χ2n) is 4.47. The Morgan fingerprint density at radius 2 is 1.89 bits per heavy atom. The van der Waals surface area contributed by atoms with Gasteiger partial charge in [0.1, 0.15) is 0 Å². The van der Waals surface area contributed by atoms with Gasteiger partial charge in [0.25, 0.3) is 5.91 Å². The molecule has 6 heteroatoms. The molecule has 0 aromatic heterocycles. The summed E-state index contributed by atoms with van der Waals surface area (Å²) in [4.78, 5) is 11.9. The molecular formula is C12H15Cl2NO3. The van der Waals surface area contributed by atoms with Crippen molar-refractivity contribution in [3.8, 4) is 5.75 Å². The van der Waals surface area contributed by atoms with E-state index < -0.39 is 5.54 Å². The average Bonchev–Trinajstić information content (AvgIpc) is 2.28. The van der Waals surface area contributed by atoms with Gasteiger partial charge in [-0.15, -0.1) is 0 Å². The third kappa shape index (κ3) is 3.51. The number of nitrogens with one attached hydrogen (secondary N) is 1. The van der Waals surface area contributed by atoms with Crippen molar-refractivity contribution in [1.82, 2.24) is 5.32 Å². The van der Waals surface area contributed by atoms with Crippen molar-refractivity contribution >= 4 is 29.1 Å². The van der Waals surface area contributed by atoms with Crippen LogP contribution in [-0.2, 0) is 0 Å². The van der Waals surface area contributed by atoms with Gasteiger partial charge < -0.3 is 15.2 Å². The van der Waals surface area contributed by atoms with Gasteiger partial charge in [-0.3, -0.25) is 4.79 Å². The largest absolute Gasteiger partial charge is 0.494 e. The second kappa shape index (κ2) is 5.78. The third-order valence-electron chi connectivity index (χ3n) is 2.31. The lowest BCUT2D eigenvalue weighted by atomic mass is 10.1. The Morgan fingerprint density at radius 1 is 1.39 bits per heavy atom. The molecule has 0 aliphatic rings. The molecule has 0 bridgehead atoms. The number of aliphatic hydroxyl groups excluding tert-OH is 1. The minimum absolute atomic E-state index is 0.170. The van der Waals surface area contributed by atoms with Gasteiger partial charge in [0.05, 0.1) is 29.3 Å². The second-order valence-corrected chi connectivity index (χ2v) is 5.28. The number of aliphatic hydroxyl groups is 1. The van der Waals surface area contributed by atoms with Crippen LogP contribution in [0, 0.1) is 0 Å². The number of halogens is 2. The number of carbonyl (C=O) groups excluding carboxylic acids is 1. The molecule has 1 amide bonds. The van der Waals surface area contributed by atoms with E-state index in [2.05, 4.69) is 5.32 Å². The Kier molecular flexibility index (Phi) is 4.85. The number of amides is 1. The molecule has 2 N–H and O–H groups in total. The minimum atomic E-state index is -0.712. The van der Waals surface area contributed by atoms with Crippen molar-refractivity contribution in [1.29, 1.82) is 0 Å². The first-order valence-corrected chi connectivity index (χ1v) is 6.02. The Bertz CT molecular complexity index is 438. The molecule has 100 valence electrons. The highest BCUT2D eigenvalue weighted by molar-refractivity contribution is 6.37. The molecule has 1 aromatic rings. The predicted molar refractivity (Wildman–Crippen MR) is 71.6 cm³/mol. The van der Waals surface area contributed by atoms with Crippen molar-refractivity contribution in [2.45, 2.75) is 19.4 Å². The van der Waals surface area contributed by atoms with E-state index in [-0.39, 0.29) is 22.6 Å². The molecule has 4 nitrogen and oxygen atoms in total. The van der Waals surface area contributed by atoms with Crippen LogP contribution in [0.3, 0.4) is 0 Å². The van der Waals surface area contributed by atoms with E-state index in [9.17, 15) is 4.79 Å². The van der Waals surface area contributed by atoms with E-state index in [1.807, 2.05) is 0 Å². The van der Waals surface area contributed by atoms with Gasteiger partial charge in [0, 0.05) is 5.56 Å². The molecule has 0 radical (unpaired) electrons. The van der Waals surface area contributed by atoms with E-state index in [4.69, 9.17) is 33.0 Å². The van der Waals surface area contributed by atoms with Crippen LogP contribution in [0.4, 0.5) is 0 Å². The third-order valence-corrected chi connectivity index (χ3v) is 2.87. The maximum Gasteiger partial charge on any atom is 0.251 e. The molecule has 0 aliphatic heterocycles. The average molecular weight is 292 g/mol. The van der Waals surface area contributed by atoms with Crippen molar-refractivity contribution in [3.05, 3.63) is 27.7 Å². The molecule has 0 saturated carbocycles. The molecule has 1 aromatic carbocycles. The van der Waals surface area contributed by atoms with Gasteiger partial charge in [-0.25, -0.2) is 0 Å². The first-order chi connectivity index (χ1) is 8.30. The lowest BCUT2D eigenvalue weighted by Crippen LogP contribution is -2.46. The zero-order valence-electron chi connectivity index (χ0n) is 10.4. The number of hydrogen-bond donors (Lipinski definition) is 2. The molecule has 18 heavy (non-hydrogen) atoms. The van der Waals surface area contributed by atoms with Crippen LogP contribution in [0.15, 0.2) is 12.1 Å². The highest BCUT2D eigenvalue weighted by Gasteiger charge is 2.21. The lowest BCUT2D eigenvalue weighted by Gasteiger charge is -2.23. The van der Waals surface area contributed by atoms with Crippen LogP contribution in [0.5, 0.6) is 5.75 Å². The van der Waals surface area contributed by atoms with E-state index >= 15 is 0 Å². The van der Waals surface area contributed by atoms with Crippen molar-refractivity contribution in [2.75, 3.05) is 13.7 Å². The summed E-state index contributed by atoms with van der Waals surface area (Å²) in [6.45, 7) is 3.24. The van der Waals surface area contributed by atoms with Gasteiger partial charge in [0.2, 0.25) is 0 Å². The number of methoxy groups -OCH3 is 1. The monoisotopic (exact) mass is 291 g/mol. The zero-order valence-corrected chi connectivity index (χ0v) is 11.9. The molecule has 0 spiro atoms. The summed E-state index contributed by atoms with van der Waals surface area (Å²) in [6, 6.07) is 2.93. The zero-order chi connectivity index (χ0) is 13.9. The Hall–Kier alpha value is -0.970.